The van der Waals surface area contributed by atoms with Crippen LogP contribution in [0.5, 0.6) is 0 Å². The first-order chi connectivity index (χ1) is 12.7. The number of hydrogen-bond acceptors (Lipinski definition) is 6. The van der Waals surface area contributed by atoms with Crippen molar-refractivity contribution in [1.29, 1.82) is 0 Å². The number of anilines is 1. The molecular weight excluding hydrogens is 344 g/mol. The van der Waals surface area contributed by atoms with E-state index in [1.807, 2.05) is 49.4 Å². The number of rotatable bonds is 4. The Balaban J connectivity index is 1.40. The van der Waals surface area contributed by atoms with E-state index in [-0.39, 0.29) is 11.7 Å². The van der Waals surface area contributed by atoms with Crippen LogP contribution in [0.2, 0.25) is 0 Å². The fraction of sp³-hybridized carbons (Fsp3) is 0.300. The van der Waals surface area contributed by atoms with Crippen molar-refractivity contribution in [3.05, 3.63) is 59.8 Å². The molecule has 6 heteroatoms. The van der Waals surface area contributed by atoms with Gasteiger partial charge in [0.15, 0.2) is 10.8 Å². The molecule has 0 spiro atoms. The lowest BCUT2D eigenvalue weighted by molar-refractivity contribution is 0.0900. The van der Waals surface area contributed by atoms with Gasteiger partial charge in [-0.15, -0.1) is 10.2 Å². The molecule has 0 atom stereocenters. The van der Waals surface area contributed by atoms with Crippen molar-refractivity contribution >= 4 is 22.3 Å². The van der Waals surface area contributed by atoms with Crippen LogP contribution in [-0.4, -0.2) is 34.1 Å². The first-order valence-electron chi connectivity index (χ1n) is 8.81. The van der Waals surface area contributed by atoms with E-state index in [2.05, 4.69) is 20.1 Å². The fourth-order valence-corrected chi connectivity index (χ4v) is 4.10. The van der Waals surface area contributed by atoms with Gasteiger partial charge in [0.25, 0.3) is 0 Å². The Labute approximate surface area is 156 Å². The molecule has 0 radical (unpaired) electrons. The van der Waals surface area contributed by atoms with E-state index >= 15 is 0 Å². The highest BCUT2D eigenvalue weighted by Gasteiger charge is 2.27. The highest BCUT2D eigenvalue weighted by atomic mass is 32.1. The van der Waals surface area contributed by atoms with Crippen LogP contribution in [0.15, 0.2) is 48.7 Å². The third-order valence-electron chi connectivity index (χ3n) is 4.77. The zero-order valence-electron chi connectivity index (χ0n) is 14.6. The second-order valence-electron chi connectivity index (χ2n) is 6.60. The van der Waals surface area contributed by atoms with Gasteiger partial charge in [-0.2, -0.15) is 0 Å². The molecule has 0 saturated carbocycles. The number of aryl methyl sites for hydroxylation is 1. The van der Waals surface area contributed by atoms with Crippen molar-refractivity contribution in [3.8, 4) is 10.7 Å². The van der Waals surface area contributed by atoms with Crippen LogP contribution in [0.3, 0.4) is 0 Å². The molecule has 1 fully saturated rings. The van der Waals surface area contributed by atoms with Crippen LogP contribution < -0.4 is 4.90 Å². The third-order valence-corrected chi connectivity index (χ3v) is 5.78. The second-order valence-corrected chi connectivity index (χ2v) is 7.55. The predicted molar refractivity (Wildman–Crippen MR) is 104 cm³/mol. The zero-order valence-corrected chi connectivity index (χ0v) is 15.4. The van der Waals surface area contributed by atoms with Crippen molar-refractivity contribution in [2.45, 2.75) is 19.8 Å². The Morgan fingerprint density at radius 2 is 1.85 bits per heavy atom. The fourth-order valence-electron chi connectivity index (χ4n) is 3.22. The number of hydrogen-bond donors (Lipinski definition) is 0. The first kappa shape index (κ1) is 16.8. The van der Waals surface area contributed by atoms with Crippen molar-refractivity contribution < 1.29 is 4.79 Å². The number of pyridine rings is 1. The van der Waals surface area contributed by atoms with E-state index < -0.39 is 0 Å². The molecule has 3 aromatic rings. The van der Waals surface area contributed by atoms with Gasteiger partial charge in [0.2, 0.25) is 5.13 Å². The average Bonchev–Trinajstić information content (AvgIpc) is 3.19. The molecule has 1 aliphatic rings. The lowest BCUT2D eigenvalue weighted by atomic mass is 9.89. The van der Waals surface area contributed by atoms with Crippen LogP contribution in [0.4, 0.5) is 5.13 Å². The number of benzene rings is 1. The van der Waals surface area contributed by atoms with Crippen LogP contribution in [0, 0.1) is 12.8 Å². The molecule has 0 N–H and O–H groups in total. The Morgan fingerprint density at radius 3 is 2.54 bits per heavy atom. The summed E-state index contributed by atoms with van der Waals surface area (Å²) in [5.74, 6) is 0.355. The maximum absolute atomic E-state index is 12.7. The Bertz CT molecular complexity index is 884. The van der Waals surface area contributed by atoms with E-state index in [0.717, 1.165) is 47.3 Å². The molecule has 2 aromatic heterocycles. The predicted octanol–water partition coefficient (Wildman–Crippen LogP) is 4.01. The third kappa shape index (κ3) is 3.51. The maximum Gasteiger partial charge on any atom is 0.208 e. The Hall–Kier alpha value is -2.60. The molecular formula is C20H20N4OS. The number of nitrogens with zero attached hydrogens (tertiary/aromatic N) is 4. The summed E-state index contributed by atoms with van der Waals surface area (Å²) in [5, 5.41) is 10.3. The normalized spacial score (nSPS) is 15.2. The van der Waals surface area contributed by atoms with Crippen molar-refractivity contribution in [2.75, 3.05) is 18.0 Å². The van der Waals surface area contributed by atoms with Gasteiger partial charge in [-0.25, -0.2) is 0 Å². The van der Waals surface area contributed by atoms with E-state index in [9.17, 15) is 4.79 Å². The molecule has 3 heterocycles. The highest BCUT2D eigenvalue weighted by Crippen LogP contribution is 2.31. The van der Waals surface area contributed by atoms with Crippen LogP contribution >= 0.6 is 11.3 Å². The number of Topliss-reactive ketones (excluding diaryl/α,β-unsaturated/α-hetero) is 1. The topological polar surface area (TPSA) is 59.0 Å². The molecule has 132 valence electrons. The van der Waals surface area contributed by atoms with E-state index in [0.29, 0.717) is 0 Å². The number of carbonyl (C=O) groups excluding carboxylic acids is 1. The largest absolute Gasteiger partial charge is 0.347 e. The van der Waals surface area contributed by atoms with Crippen molar-refractivity contribution in [3.63, 3.8) is 0 Å². The number of aromatic nitrogens is 3. The second kappa shape index (κ2) is 7.33. The molecule has 1 aromatic carbocycles. The number of ketones is 1. The molecule has 0 bridgehead atoms. The quantitative estimate of drug-likeness (QED) is 0.655. The summed E-state index contributed by atoms with van der Waals surface area (Å²) in [5.41, 5.74) is 2.85. The Morgan fingerprint density at radius 1 is 1.08 bits per heavy atom. The molecule has 5 nitrogen and oxygen atoms in total. The van der Waals surface area contributed by atoms with Gasteiger partial charge in [0.05, 0.1) is 0 Å². The summed E-state index contributed by atoms with van der Waals surface area (Å²) in [7, 11) is 0. The van der Waals surface area contributed by atoms with Gasteiger partial charge in [-0.1, -0.05) is 47.2 Å². The molecule has 26 heavy (non-hydrogen) atoms. The summed E-state index contributed by atoms with van der Waals surface area (Å²) in [6.45, 7) is 3.70. The average molecular weight is 364 g/mol. The lowest BCUT2D eigenvalue weighted by Gasteiger charge is -2.30. The maximum atomic E-state index is 12.7. The Kier molecular flexibility index (Phi) is 4.75. The molecule has 4 rings (SSSR count). The molecule has 1 aliphatic heterocycles. The SMILES string of the molecule is Cc1ccc(C(=O)C2CCN(c3nnc(-c4ccccn4)s3)CC2)cc1. The van der Waals surface area contributed by atoms with Crippen molar-refractivity contribution in [1.82, 2.24) is 15.2 Å². The van der Waals surface area contributed by atoms with Gasteiger partial charge in [0, 0.05) is 30.8 Å². The number of piperidine rings is 1. The number of carbonyl (C=O) groups is 1. The smallest absolute Gasteiger partial charge is 0.208 e. The minimum absolute atomic E-state index is 0.0946. The van der Waals surface area contributed by atoms with E-state index in [4.69, 9.17) is 0 Å². The van der Waals surface area contributed by atoms with Gasteiger partial charge < -0.3 is 4.90 Å². The monoisotopic (exact) mass is 364 g/mol. The molecule has 1 saturated heterocycles. The van der Waals surface area contributed by atoms with Crippen molar-refractivity contribution in [2.24, 2.45) is 5.92 Å². The standard InChI is InChI=1S/C20H20N4OS/c1-14-5-7-15(8-6-14)18(25)16-9-12-24(13-10-16)20-23-22-19(26-20)17-4-2-3-11-21-17/h2-8,11,16H,9-10,12-13H2,1H3. The summed E-state index contributed by atoms with van der Waals surface area (Å²) < 4.78 is 0. The van der Waals surface area contributed by atoms with Gasteiger partial charge in [-0.3, -0.25) is 9.78 Å². The van der Waals surface area contributed by atoms with Gasteiger partial charge >= 0.3 is 0 Å². The summed E-state index contributed by atoms with van der Waals surface area (Å²) in [6, 6.07) is 13.7. The summed E-state index contributed by atoms with van der Waals surface area (Å²) in [4.78, 5) is 19.2. The summed E-state index contributed by atoms with van der Waals surface area (Å²) in [6.07, 6.45) is 3.47. The van der Waals surface area contributed by atoms with Crippen LogP contribution in [0.1, 0.15) is 28.8 Å². The molecule has 0 aliphatic carbocycles. The van der Waals surface area contributed by atoms with E-state index in [1.165, 1.54) is 5.56 Å². The highest BCUT2D eigenvalue weighted by molar-refractivity contribution is 7.18. The molecule has 0 amide bonds. The zero-order chi connectivity index (χ0) is 17.9. The minimum atomic E-state index is 0.0946. The van der Waals surface area contributed by atoms with Crippen LogP contribution in [0.25, 0.3) is 10.7 Å². The summed E-state index contributed by atoms with van der Waals surface area (Å²) >= 11 is 1.56. The van der Waals surface area contributed by atoms with Gasteiger partial charge in [0.1, 0.15) is 5.69 Å². The van der Waals surface area contributed by atoms with Gasteiger partial charge in [-0.05, 0) is 31.9 Å². The molecule has 0 unspecified atom stereocenters. The minimum Gasteiger partial charge on any atom is -0.347 e. The van der Waals surface area contributed by atoms with E-state index in [1.54, 1.807) is 17.5 Å². The lowest BCUT2D eigenvalue weighted by Crippen LogP contribution is -2.36. The van der Waals surface area contributed by atoms with Crippen LogP contribution in [-0.2, 0) is 0 Å². The first-order valence-corrected chi connectivity index (χ1v) is 9.63.